The molecule has 0 bridgehead atoms. The van der Waals surface area contributed by atoms with Crippen LogP contribution in [-0.4, -0.2) is 26.8 Å². The van der Waals surface area contributed by atoms with Crippen LogP contribution in [0.15, 0.2) is 24.7 Å². The van der Waals surface area contributed by atoms with Gasteiger partial charge in [-0.05, 0) is 43.2 Å². The Hall–Kier alpha value is -2.41. The molecule has 0 atom stereocenters. The van der Waals surface area contributed by atoms with E-state index in [-0.39, 0.29) is 6.04 Å². The lowest BCUT2D eigenvalue weighted by atomic mass is 9.79. The first-order chi connectivity index (χ1) is 11.0. The van der Waals surface area contributed by atoms with Crippen molar-refractivity contribution < 1.29 is 4.79 Å². The molecular weight excluding hydrogens is 292 g/mol. The molecule has 2 heterocycles. The van der Waals surface area contributed by atoms with Gasteiger partial charge in [0.1, 0.15) is 5.82 Å². The van der Waals surface area contributed by atoms with Crippen molar-refractivity contribution in [2.75, 3.05) is 5.32 Å². The number of hydrogen-bond donors (Lipinski definition) is 3. The standard InChI is InChI=1S/C16H22N6O/c1-22-9-11(8-20-22)13-6-7-19-15(21-16(18)23)14(13)10-2-4-12(17)5-3-10/h6-10,12H,2-5,17H2,1H3,(H3,18,19,21,23). The van der Waals surface area contributed by atoms with E-state index >= 15 is 0 Å². The van der Waals surface area contributed by atoms with Crippen LogP contribution < -0.4 is 16.8 Å². The number of pyridine rings is 1. The highest BCUT2D eigenvalue weighted by Gasteiger charge is 2.26. The highest BCUT2D eigenvalue weighted by atomic mass is 16.2. The largest absolute Gasteiger partial charge is 0.351 e. The summed E-state index contributed by atoms with van der Waals surface area (Å²) in [4.78, 5) is 15.7. The van der Waals surface area contributed by atoms with Gasteiger partial charge >= 0.3 is 6.03 Å². The lowest BCUT2D eigenvalue weighted by Crippen LogP contribution is -2.27. The number of anilines is 1. The minimum atomic E-state index is -0.602. The molecule has 7 heteroatoms. The molecule has 1 aliphatic carbocycles. The molecule has 0 spiro atoms. The smallest absolute Gasteiger partial charge is 0.317 e. The molecule has 2 amide bonds. The highest BCUT2D eigenvalue weighted by Crippen LogP contribution is 2.40. The van der Waals surface area contributed by atoms with E-state index in [1.165, 1.54) is 0 Å². The normalized spacial score (nSPS) is 21.1. The van der Waals surface area contributed by atoms with E-state index in [2.05, 4.69) is 15.4 Å². The van der Waals surface area contributed by atoms with Crippen molar-refractivity contribution in [3.05, 3.63) is 30.2 Å². The fraction of sp³-hybridized carbons (Fsp3) is 0.438. The van der Waals surface area contributed by atoms with Crippen LogP contribution in [-0.2, 0) is 7.05 Å². The number of amides is 2. The maximum Gasteiger partial charge on any atom is 0.317 e. The van der Waals surface area contributed by atoms with E-state index in [4.69, 9.17) is 11.5 Å². The number of nitrogens with one attached hydrogen (secondary N) is 1. The summed E-state index contributed by atoms with van der Waals surface area (Å²) in [6.07, 6.45) is 9.37. The van der Waals surface area contributed by atoms with E-state index in [9.17, 15) is 4.79 Å². The van der Waals surface area contributed by atoms with Crippen molar-refractivity contribution in [2.24, 2.45) is 18.5 Å². The van der Waals surface area contributed by atoms with Crippen molar-refractivity contribution in [2.45, 2.75) is 37.6 Å². The van der Waals surface area contributed by atoms with Gasteiger partial charge in [0.05, 0.1) is 6.20 Å². The summed E-state index contributed by atoms with van der Waals surface area (Å²) in [5, 5.41) is 6.91. The zero-order valence-corrected chi connectivity index (χ0v) is 13.2. The van der Waals surface area contributed by atoms with E-state index in [1.54, 1.807) is 10.9 Å². The lowest BCUT2D eigenvalue weighted by molar-refractivity contribution is 0.259. The maximum atomic E-state index is 11.3. The number of aryl methyl sites for hydroxylation is 1. The first-order valence-electron chi connectivity index (χ1n) is 7.84. The highest BCUT2D eigenvalue weighted by molar-refractivity contribution is 5.89. The van der Waals surface area contributed by atoms with Crippen LogP contribution in [0.2, 0.25) is 0 Å². The Balaban J connectivity index is 2.06. The van der Waals surface area contributed by atoms with E-state index < -0.39 is 6.03 Å². The van der Waals surface area contributed by atoms with Gasteiger partial charge in [0, 0.05) is 36.6 Å². The van der Waals surface area contributed by atoms with E-state index in [1.807, 2.05) is 25.5 Å². The molecule has 7 nitrogen and oxygen atoms in total. The fourth-order valence-electron chi connectivity index (χ4n) is 3.32. The molecule has 0 saturated heterocycles. The first-order valence-corrected chi connectivity index (χ1v) is 7.84. The molecule has 0 radical (unpaired) electrons. The molecule has 23 heavy (non-hydrogen) atoms. The summed E-state index contributed by atoms with van der Waals surface area (Å²) in [6, 6.07) is 1.62. The number of rotatable bonds is 3. The van der Waals surface area contributed by atoms with Gasteiger partial charge in [0.2, 0.25) is 0 Å². The number of carbonyl (C=O) groups is 1. The minimum absolute atomic E-state index is 0.261. The van der Waals surface area contributed by atoms with Crippen molar-refractivity contribution in [3.8, 4) is 11.1 Å². The lowest BCUT2D eigenvalue weighted by Gasteiger charge is -2.29. The van der Waals surface area contributed by atoms with E-state index in [0.29, 0.717) is 11.7 Å². The molecule has 2 aromatic rings. The van der Waals surface area contributed by atoms with E-state index in [0.717, 1.165) is 42.4 Å². The van der Waals surface area contributed by atoms with Crippen LogP contribution in [0.3, 0.4) is 0 Å². The molecule has 0 unspecified atom stereocenters. The third-order valence-electron chi connectivity index (χ3n) is 4.43. The summed E-state index contributed by atoms with van der Waals surface area (Å²) < 4.78 is 1.76. The van der Waals surface area contributed by atoms with Gasteiger partial charge in [-0.3, -0.25) is 10.00 Å². The summed E-state index contributed by atoms with van der Waals surface area (Å²) in [5.74, 6) is 0.847. The minimum Gasteiger partial charge on any atom is -0.351 e. The van der Waals surface area contributed by atoms with Gasteiger partial charge in [-0.25, -0.2) is 9.78 Å². The van der Waals surface area contributed by atoms with Gasteiger partial charge in [-0.15, -0.1) is 0 Å². The molecule has 3 rings (SSSR count). The number of aromatic nitrogens is 3. The Labute approximate surface area is 135 Å². The van der Waals surface area contributed by atoms with Crippen molar-refractivity contribution >= 4 is 11.8 Å². The number of nitrogens with zero attached hydrogens (tertiary/aromatic N) is 3. The monoisotopic (exact) mass is 314 g/mol. The molecule has 5 N–H and O–H groups in total. The molecule has 1 aliphatic rings. The van der Waals surface area contributed by atoms with Gasteiger partial charge in [-0.2, -0.15) is 5.10 Å². The average Bonchev–Trinajstić information content (AvgIpc) is 2.94. The van der Waals surface area contributed by atoms with Crippen molar-refractivity contribution in [3.63, 3.8) is 0 Å². The summed E-state index contributed by atoms with van der Waals surface area (Å²) in [6.45, 7) is 0. The predicted molar refractivity (Wildman–Crippen MR) is 88.8 cm³/mol. The Morgan fingerprint density at radius 1 is 1.35 bits per heavy atom. The second-order valence-corrected chi connectivity index (χ2v) is 6.12. The van der Waals surface area contributed by atoms with Gasteiger partial charge < -0.3 is 11.5 Å². The molecule has 1 saturated carbocycles. The molecule has 1 fully saturated rings. The first kappa shape index (κ1) is 15.5. The number of urea groups is 1. The number of carbonyl (C=O) groups excluding carboxylic acids is 1. The van der Waals surface area contributed by atoms with Crippen LogP contribution in [0.1, 0.15) is 37.2 Å². The zero-order chi connectivity index (χ0) is 16.4. The summed E-state index contributed by atoms with van der Waals surface area (Å²) in [5.41, 5.74) is 14.4. The third-order valence-corrected chi connectivity index (χ3v) is 4.43. The summed E-state index contributed by atoms with van der Waals surface area (Å²) in [7, 11) is 1.88. The molecule has 0 aromatic carbocycles. The fourth-order valence-corrected chi connectivity index (χ4v) is 3.32. The summed E-state index contributed by atoms with van der Waals surface area (Å²) >= 11 is 0. The van der Waals surface area contributed by atoms with Crippen LogP contribution in [0, 0.1) is 0 Å². The second-order valence-electron chi connectivity index (χ2n) is 6.12. The van der Waals surface area contributed by atoms with Crippen LogP contribution >= 0.6 is 0 Å². The third kappa shape index (κ3) is 3.34. The Bertz CT molecular complexity index is 702. The van der Waals surface area contributed by atoms with Crippen LogP contribution in [0.25, 0.3) is 11.1 Å². The second kappa shape index (κ2) is 6.37. The zero-order valence-electron chi connectivity index (χ0n) is 13.2. The van der Waals surface area contributed by atoms with Gasteiger partial charge in [0.25, 0.3) is 0 Å². The Kier molecular flexibility index (Phi) is 4.29. The van der Waals surface area contributed by atoms with Crippen molar-refractivity contribution in [1.82, 2.24) is 14.8 Å². The number of nitrogens with two attached hydrogens (primary N) is 2. The van der Waals surface area contributed by atoms with Crippen molar-refractivity contribution in [1.29, 1.82) is 0 Å². The Morgan fingerprint density at radius 3 is 2.70 bits per heavy atom. The SMILES string of the molecule is Cn1cc(-c2ccnc(NC(N)=O)c2C2CCC(N)CC2)cn1. The number of primary amides is 1. The molecule has 122 valence electrons. The maximum absolute atomic E-state index is 11.3. The molecular formula is C16H22N6O. The quantitative estimate of drug-likeness (QED) is 0.803. The number of hydrogen-bond acceptors (Lipinski definition) is 4. The van der Waals surface area contributed by atoms with Gasteiger partial charge in [-0.1, -0.05) is 0 Å². The predicted octanol–water partition coefficient (Wildman–Crippen LogP) is 1.96. The van der Waals surface area contributed by atoms with Crippen LogP contribution in [0.5, 0.6) is 0 Å². The van der Waals surface area contributed by atoms with Gasteiger partial charge in [0.15, 0.2) is 0 Å². The molecule has 0 aliphatic heterocycles. The average molecular weight is 314 g/mol. The van der Waals surface area contributed by atoms with Crippen LogP contribution in [0.4, 0.5) is 10.6 Å². The Morgan fingerprint density at radius 2 is 2.09 bits per heavy atom. The molecule has 2 aromatic heterocycles. The topological polar surface area (TPSA) is 112 Å².